The Morgan fingerprint density at radius 1 is 1.00 bits per heavy atom. The number of benzene rings is 3. The molecule has 2 amide bonds. The minimum absolute atomic E-state index is 0.0658. The molecule has 1 aliphatic rings. The van der Waals surface area contributed by atoms with E-state index >= 15 is 0 Å². The van der Waals surface area contributed by atoms with Gasteiger partial charge in [-0.1, -0.05) is 62.6 Å². The minimum atomic E-state index is -0.114. The lowest BCUT2D eigenvalue weighted by Crippen LogP contribution is -2.27. The number of carbonyl (C=O) groups is 2. The molecule has 0 bridgehead atoms. The topological polar surface area (TPSA) is 49.4 Å². The van der Waals surface area contributed by atoms with Gasteiger partial charge in [0.25, 0.3) is 5.91 Å². The van der Waals surface area contributed by atoms with E-state index in [4.69, 9.17) is 0 Å². The first-order chi connectivity index (χ1) is 16.5. The summed E-state index contributed by atoms with van der Waals surface area (Å²) in [6.07, 6.45) is 6.02. The molecule has 4 nitrogen and oxygen atoms in total. The van der Waals surface area contributed by atoms with Crippen LogP contribution in [0.25, 0.3) is 0 Å². The number of carbonyl (C=O) groups excluding carboxylic acids is 2. The van der Waals surface area contributed by atoms with Crippen molar-refractivity contribution >= 4 is 35.0 Å². The smallest absolute Gasteiger partial charge is 0.255 e. The van der Waals surface area contributed by atoms with Gasteiger partial charge in [0, 0.05) is 16.9 Å². The van der Waals surface area contributed by atoms with Crippen LogP contribution >= 0.6 is 11.8 Å². The lowest BCUT2D eigenvalue weighted by Gasteiger charge is -2.25. The van der Waals surface area contributed by atoms with Gasteiger partial charge in [-0.2, -0.15) is 0 Å². The van der Waals surface area contributed by atoms with E-state index in [0.29, 0.717) is 11.3 Å². The SMILES string of the molecule is CCCCCCc1ccc(C(=O)Nc2ccc([C@@H]3SCC(=O)N3c3cccc(C)c3)cc2)cc1. The van der Waals surface area contributed by atoms with Crippen LogP contribution < -0.4 is 10.2 Å². The van der Waals surface area contributed by atoms with Crippen molar-refractivity contribution in [1.82, 2.24) is 0 Å². The van der Waals surface area contributed by atoms with Crippen LogP contribution in [0.15, 0.2) is 72.8 Å². The Bertz CT molecular complexity index is 1130. The van der Waals surface area contributed by atoms with Gasteiger partial charge in [0.05, 0.1) is 5.75 Å². The maximum atomic E-state index is 12.7. The standard InChI is InChI=1S/C29H32N2O2S/c1-3-4-5-6-9-22-11-13-23(14-12-22)28(33)30-25-17-15-24(16-18-25)29-31(27(32)20-34-29)26-10-7-8-21(2)19-26/h7-8,10-19,29H,3-6,9,20H2,1-2H3,(H,30,33)/t29-/m0/s1. The van der Waals surface area contributed by atoms with Crippen molar-refractivity contribution < 1.29 is 9.59 Å². The molecular weight excluding hydrogens is 440 g/mol. The van der Waals surface area contributed by atoms with Crippen molar-refractivity contribution in [3.63, 3.8) is 0 Å². The average Bonchev–Trinajstić information content (AvgIpc) is 3.24. The second kappa shape index (κ2) is 11.4. The van der Waals surface area contributed by atoms with Crippen molar-refractivity contribution in [3.05, 3.63) is 95.1 Å². The fourth-order valence-electron chi connectivity index (χ4n) is 4.24. The van der Waals surface area contributed by atoms with Crippen LogP contribution in [0, 0.1) is 6.92 Å². The number of nitrogens with zero attached hydrogens (tertiary/aromatic N) is 1. The molecule has 1 fully saturated rings. The first-order valence-electron chi connectivity index (χ1n) is 12.1. The van der Waals surface area contributed by atoms with E-state index in [2.05, 4.69) is 24.4 Å². The third kappa shape index (κ3) is 5.89. The third-order valence-electron chi connectivity index (χ3n) is 6.14. The normalized spacial score (nSPS) is 15.5. The predicted octanol–water partition coefficient (Wildman–Crippen LogP) is 7.15. The number of hydrogen-bond acceptors (Lipinski definition) is 3. The lowest BCUT2D eigenvalue weighted by molar-refractivity contribution is -0.115. The molecule has 0 saturated carbocycles. The molecule has 1 atom stereocenters. The summed E-state index contributed by atoms with van der Waals surface area (Å²) in [5, 5.41) is 2.92. The van der Waals surface area contributed by atoms with E-state index in [0.717, 1.165) is 28.9 Å². The van der Waals surface area contributed by atoms with Crippen LogP contribution in [-0.2, 0) is 11.2 Å². The minimum Gasteiger partial charge on any atom is -0.322 e. The van der Waals surface area contributed by atoms with Crippen molar-refractivity contribution in [2.45, 2.75) is 51.3 Å². The summed E-state index contributed by atoms with van der Waals surface area (Å²) in [6, 6.07) is 23.8. The summed E-state index contributed by atoms with van der Waals surface area (Å²) in [4.78, 5) is 27.2. The molecule has 0 spiro atoms. The molecule has 1 aliphatic heterocycles. The number of thioether (sulfide) groups is 1. The summed E-state index contributed by atoms with van der Waals surface area (Å²) in [7, 11) is 0. The van der Waals surface area contributed by atoms with Crippen molar-refractivity contribution in [2.24, 2.45) is 0 Å². The maximum Gasteiger partial charge on any atom is 0.255 e. The lowest BCUT2D eigenvalue weighted by atomic mass is 10.0. The molecule has 3 aromatic carbocycles. The highest BCUT2D eigenvalue weighted by molar-refractivity contribution is 8.00. The number of rotatable bonds is 9. The Kier molecular flexibility index (Phi) is 8.07. The van der Waals surface area contributed by atoms with E-state index in [1.807, 2.05) is 72.5 Å². The number of nitrogens with one attached hydrogen (secondary N) is 1. The summed E-state index contributed by atoms with van der Waals surface area (Å²) < 4.78 is 0. The van der Waals surface area contributed by atoms with Crippen molar-refractivity contribution in [1.29, 1.82) is 0 Å². The van der Waals surface area contributed by atoms with Gasteiger partial charge in [-0.15, -0.1) is 11.8 Å². The molecule has 0 radical (unpaired) electrons. The Labute approximate surface area is 206 Å². The monoisotopic (exact) mass is 472 g/mol. The Balaban J connectivity index is 1.39. The van der Waals surface area contributed by atoms with E-state index in [9.17, 15) is 9.59 Å². The van der Waals surface area contributed by atoms with Crippen LogP contribution in [-0.4, -0.2) is 17.6 Å². The zero-order chi connectivity index (χ0) is 23.9. The fraction of sp³-hybridized carbons (Fsp3) is 0.310. The van der Waals surface area contributed by atoms with Gasteiger partial charge in [-0.3, -0.25) is 14.5 Å². The average molecular weight is 473 g/mol. The van der Waals surface area contributed by atoms with Crippen LogP contribution in [0.1, 0.15) is 65.0 Å². The molecule has 3 aromatic rings. The molecule has 34 heavy (non-hydrogen) atoms. The number of hydrogen-bond donors (Lipinski definition) is 1. The van der Waals surface area contributed by atoms with Gasteiger partial charge in [0.1, 0.15) is 5.37 Å². The van der Waals surface area contributed by atoms with E-state index in [1.54, 1.807) is 11.8 Å². The van der Waals surface area contributed by atoms with Gasteiger partial charge < -0.3 is 5.32 Å². The van der Waals surface area contributed by atoms with E-state index in [-0.39, 0.29) is 17.2 Å². The highest BCUT2D eigenvalue weighted by Gasteiger charge is 2.34. The third-order valence-corrected chi connectivity index (χ3v) is 7.35. The van der Waals surface area contributed by atoms with Crippen molar-refractivity contribution in [2.75, 3.05) is 16.0 Å². The summed E-state index contributed by atoms with van der Waals surface area (Å²) in [5.41, 5.74) is 5.77. The van der Waals surface area contributed by atoms with Crippen LogP contribution in [0.2, 0.25) is 0 Å². The highest BCUT2D eigenvalue weighted by Crippen LogP contribution is 2.42. The molecule has 4 rings (SSSR count). The van der Waals surface area contributed by atoms with Gasteiger partial charge >= 0.3 is 0 Å². The molecular formula is C29H32N2O2S. The first-order valence-corrected chi connectivity index (χ1v) is 13.1. The predicted molar refractivity (Wildman–Crippen MR) is 143 cm³/mol. The molecule has 5 heteroatoms. The second-order valence-electron chi connectivity index (χ2n) is 8.85. The number of aryl methyl sites for hydroxylation is 2. The Morgan fingerprint density at radius 2 is 1.76 bits per heavy atom. The quantitative estimate of drug-likeness (QED) is 0.337. The fourth-order valence-corrected chi connectivity index (χ4v) is 5.42. The van der Waals surface area contributed by atoms with Gasteiger partial charge in [0.2, 0.25) is 5.91 Å². The zero-order valence-corrected chi connectivity index (χ0v) is 20.7. The van der Waals surface area contributed by atoms with Gasteiger partial charge in [-0.05, 0) is 72.9 Å². The first kappa shape index (κ1) is 24.1. The molecule has 176 valence electrons. The summed E-state index contributed by atoms with van der Waals surface area (Å²) in [6.45, 7) is 4.25. The molecule has 1 heterocycles. The number of amides is 2. The van der Waals surface area contributed by atoms with Crippen LogP contribution in [0.5, 0.6) is 0 Å². The van der Waals surface area contributed by atoms with E-state index < -0.39 is 0 Å². The van der Waals surface area contributed by atoms with Crippen LogP contribution in [0.4, 0.5) is 11.4 Å². The van der Waals surface area contributed by atoms with Crippen molar-refractivity contribution in [3.8, 4) is 0 Å². The summed E-state index contributed by atoms with van der Waals surface area (Å²) >= 11 is 1.63. The zero-order valence-electron chi connectivity index (χ0n) is 19.9. The Morgan fingerprint density at radius 3 is 2.47 bits per heavy atom. The van der Waals surface area contributed by atoms with Gasteiger partial charge in [0.15, 0.2) is 0 Å². The Hall–Kier alpha value is -3.05. The molecule has 0 aliphatic carbocycles. The molecule has 1 saturated heterocycles. The second-order valence-corrected chi connectivity index (χ2v) is 9.92. The molecule has 0 unspecified atom stereocenters. The highest BCUT2D eigenvalue weighted by atomic mass is 32.2. The number of unbranched alkanes of at least 4 members (excludes halogenated alkanes) is 3. The maximum absolute atomic E-state index is 12.7. The van der Waals surface area contributed by atoms with Crippen LogP contribution in [0.3, 0.4) is 0 Å². The largest absolute Gasteiger partial charge is 0.322 e. The molecule has 1 N–H and O–H groups in total. The summed E-state index contributed by atoms with van der Waals surface area (Å²) in [5.74, 6) is 0.468. The van der Waals surface area contributed by atoms with Gasteiger partial charge in [-0.25, -0.2) is 0 Å². The molecule has 0 aromatic heterocycles. The number of anilines is 2. The van der Waals surface area contributed by atoms with E-state index in [1.165, 1.54) is 31.2 Å².